The number of carbonyl (C=O) groups excluding carboxylic acids is 2. The minimum Gasteiger partial charge on any atom is -0.482 e. The van der Waals surface area contributed by atoms with Crippen molar-refractivity contribution < 1.29 is 19.2 Å². The van der Waals surface area contributed by atoms with Gasteiger partial charge in [0.25, 0.3) is 11.6 Å². The van der Waals surface area contributed by atoms with Crippen LogP contribution in [-0.4, -0.2) is 22.7 Å². The van der Waals surface area contributed by atoms with E-state index in [1.54, 1.807) is 48.5 Å². The van der Waals surface area contributed by atoms with E-state index in [0.717, 1.165) is 0 Å². The first-order valence-corrected chi connectivity index (χ1v) is 9.39. The number of amides is 1. The average Bonchev–Trinajstić information content (AvgIpc) is 2.78. The molecule has 1 amide bonds. The van der Waals surface area contributed by atoms with Crippen LogP contribution in [0.4, 0.5) is 11.4 Å². The Morgan fingerprint density at radius 3 is 2.27 bits per heavy atom. The van der Waals surface area contributed by atoms with Crippen LogP contribution in [0.1, 0.15) is 34.1 Å². The van der Waals surface area contributed by atoms with Crippen molar-refractivity contribution in [3.63, 3.8) is 0 Å². The molecule has 1 N–H and O–H groups in total. The summed E-state index contributed by atoms with van der Waals surface area (Å²) in [5, 5.41) is 13.5. The number of benzene rings is 3. The fourth-order valence-electron chi connectivity index (χ4n) is 2.86. The number of nitrogens with one attached hydrogen (secondary N) is 1. The predicted octanol–water partition coefficient (Wildman–Crippen LogP) is 4.89. The summed E-state index contributed by atoms with van der Waals surface area (Å²) in [4.78, 5) is 35.2. The molecular weight excluding hydrogens is 384 g/mol. The first kappa shape index (κ1) is 20.7. The normalized spacial score (nSPS) is 11.4. The van der Waals surface area contributed by atoms with E-state index in [-0.39, 0.29) is 17.0 Å². The van der Waals surface area contributed by atoms with Crippen molar-refractivity contribution in [1.82, 2.24) is 0 Å². The molecule has 3 aromatic carbocycles. The lowest BCUT2D eigenvalue weighted by atomic mass is 10.0. The Morgan fingerprint density at radius 1 is 0.967 bits per heavy atom. The molecule has 30 heavy (non-hydrogen) atoms. The number of Topliss-reactive ketones (excluding diaryl/α,β-unsaturated/α-hetero) is 1. The number of non-ortho nitro benzene ring substituents is 1. The molecule has 0 aliphatic carbocycles. The van der Waals surface area contributed by atoms with Crippen molar-refractivity contribution in [2.75, 3.05) is 5.32 Å². The molecule has 0 aromatic heterocycles. The lowest BCUT2D eigenvalue weighted by Crippen LogP contribution is -2.26. The lowest BCUT2D eigenvalue weighted by molar-refractivity contribution is -0.384. The summed E-state index contributed by atoms with van der Waals surface area (Å²) >= 11 is 0. The number of hydrogen-bond acceptors (Lipinski definition) is 5. The molecule has 1 atom stereocenters. The second-order valence-corrected chi connectivity index (χ2v) is 6.53. The zero-order chi connectivity index (χ0) is 21.5. The molecule has 0 radical (unpaired) electrons. The topological polar surface area (TPSA) is 98.5 Å². The minimum atomic E-state index is -0.613. The van der Waals surface area contributed by atoms with Gasteiger partial charge in [-0.3, -0.25) is 19.7 Å². The standard InChI is InChI=1S/C23H20N2O5/c1-2-21(22(26)16-7-4-3-5-8-16)30-20-13-11-18(12-14-20)24-23(27)17-9-6-10-19(15-17)25(28)29/h3-15,21H,2H2,1H3,(H,24,27). The van der Waals surface area contributed by atoms with E-state index in [0.29, 0.717) is 23.4 Å². The number of nitro benzene ring substituents is 1. The third-order valence-electron chi connectivity index (χ3n) is 4.43. The van der Waals surface area contributed by atoms with Gasteiger partial charge in [-0.2, -0.15) is 0 Å². The molecule has 0 fully saturated rings. The zero-order valence-electron chi connectivity index (χ0n) is 16.3. The van der Waals surface area contributed by atoms with Crippen LogP contribution in [-0.2, 0) is 0 Å². The number of nitrogens with zero attached hydrogens (tertiary/aromatic N) is 1. The summed E-state index contributed by atoms with van der Waals surface area (Å²) in [6, 6.07) is 21.1. The first-order valence-electron chi connectivity index (χ1n) is 9.39. The summed E-state index contributed by atoms with van der Waals surface area (Å²) in [5.74, 6) is -0.0568. The Bertz CT molecular complexity index is 1050. The zero-order valence-corrected chi connectivity index (χ0v) is 16.3. The smallest absolute Gasteiger partial charge is 0.270 e. The van der Waals surface area contributed by atoms with Gasteiger partial charge in [-0.1, -0.05) is 43.3 Å². The SMILES string of the molecule is CCC(Oc1ccc(NC(=O)c2cccc([N+](=O)[O-])c2)cc1)C(=O)c1ccccc1. The molecule has 3 aromatic rings. The van der Waals surface area contributed by atoms with Crippen LogP contribution in [0.15, 0.2) is 78.9 Å². The maximum absolute atomic E-state index is 12.6. The molecule has 0 heterocycles. The van der Waals surface area contributed by atoms with Gasteiger partial charge in [0.1, 0.15) is 5.75 Å². The number of carbonyl (C=O) groups is 2. The third-order valence-corrected chi connectivity index (χ3v) is 4.43. The summed E-state index contributed by atoms with van der Waals surface area (Å²) in [6.45, 7) is 1.87. The third kappa shape index (κ3) is 5.08. The van der Waals surface area contributed by atoms with Crippen molar-refractivity contribution >= 4 is 23.1 Å². The lowest BCUT2D eigenvalue weighted by Gasteiger charge is -2.17. The van der Waals surface area contributed by atoms with Gasteiger partial charge in [-0.05, 0) is 36.8 Å². The Kier molecular flexibility index (Phi) is 6.54. The molecule has 0 saturated heterocycles. The van der Waals surface area contributed by atoms with Gasteiger partial charge < -0.3 is 10.1 Å². The minimum absolute atomic E-state index is 0.0962. The number of ketones is 1. The molecule has 7 nitrogen and oxygen atoms in total. The van der Waals surface area contributed by atoms with Gasteiger partial charge in [-0.15, -0.1) is 0 Å². The second kappa shape index (κ2) is 9.47. The van der Waals surface area contributed by atoms with Crippen molar-refractivity contribution in [3.05, 3.63) is 100 Å². The highest BCUT2D eigenvalue weighted by Gasteiger charge is 2.20. The highest BCUT2D eigenvalue weighted by Crippen LogP contribution is 2.21. The molecule has 0 aliphatic heterocycles. The first-order chi connectivity index (χ1) is 14.5. The van der Waals surface area contributed by atoms with E-state index in [1.807, 2.05) is 13.0 Å². The molecule has 0 spiro atoms. The quantitative estimate of drug-likeness (QED) is 0.327. The van der Waals surface area contributed by atoms with Crippen molar-refractivity contribution in [1.29, 1.82) is 0 Å². The van der Waals surface area contributed by atoms with Crippen LogP contribution in [0.3, 0.4) is 0 Å². The highest BCUT2D eigenvalue weighted by molar-refractivity contribution is 6.04. The molecular formula is C23H20N2O5. The second-order valence-electron chi connectivity index (χ2n) is 6.53. The predicted molar refractivity (Wildman–Crippen MR) is 113 cm³/mol. The van der Waals surface area contributed by atoms with Gasteiger partial charge in [0, 0.05) is 28.9 Å². The van der Waals surface area contributed by atoms with Crippen LogP contribution in [0, 0.1) is 10.1 Å². The Labute approximate surface area is 173 Å². The number of nitro groups is 1. The number of rotatable bonds is 8. The molecule has 0 aliphatic rings. The number of ether oxygens (including phenoxy) is 1. The summed E-state index contributed by atoms with van der Waals surface area (Å²) in [7, 11) is 0. The van der Waals surface area contributed by atoms with Crippen LogP contribution >= 0.6 is 0 Å². The van der Waals surface area contributed by atoms with Gasteiger partial charge in [0.2, 0.25) is 5.78 Å². The van der Waals surface area contributed by atoms with Gasteiger partial charge >= 0.3 is 0 Å². The summed E-state index contributed by atoms with van der Waals surface area (Å²) in [6.07, 6.45) is -0.100. The highest BCUT2D eigenvalue weighted by atomic mass is 16.6. The number of hydrogen-bond donors (Lipinski definition) is 1. The molecule has 152 valence electrons. The Hall–Kier alpha value is -4.00. The van der Waals surface area contributed by atoms with E-state index >= 15 is 0 Å². The fraction of sp³-hybridized carbons (Fsp3) is 0.130. The summed E-state index contributed by atoms with van der Waals surface area (Å²) < 4.78 is 5.83. The van der Waals surface area contributed by atoms with E-state index in [2.05, 4.69) is 5.32 Å². The fourth-order valence-corrected chi connectivity index (χ4v) is 2.86. The van der Waals surface area contributed by atoms with Crippen LogP contribution < -0.4 is 10.1 Å². The van der Waals surface area contributed by atoms with Crippen LogP contribution in [0.5, 0.6) is 5.75 Å². The van der Waals surface area contributed by atoms with Crippen molar-refractivity contribution in [2.45, 2.75) is 19.4 Å². The van der Waals surface area contributed by atoms with Crippen LogP contribution in [0.2, 0.25) is 0 Å². The largest absolute Gasteiger partial charge is 0.482 e. The Morgan fingerprint density at radius 2 is 1.63 bits per heavy atom. The molecule has 0 bridgehead atoms. The van der Waals surface area contributed by atoms with E-state index in [4.69, 9.17) is 4.74 Å². The van der Waals surface area contributed by atoms with Crippen molar-refractivity contribution in [3.8, 4) is 5.75 Å². The molecule has 1 unspecified atom stereocenters. The molecule has 7 heteroatoms. The Balaban J connectivity index is 1.65. The molecule has 0 saturated carbocycles. The number of anilines is 1. The maximum atomic E-state index is 12.6. The maximum Gasteiger partial charge on any atom is 0.270 e. The van der Waals surface area contributed by atoms with E-state index in [9.17, 15) is 19.7 Å². The average molecular weight is 404 g/mol. The van der Waals surface area contributed by atoms with Crippen molar-refractivity contribution in [2.24, 2.45) is 0 Å². The van der Waals surface area contributed by atoms with Gasteiger partial charge in [-0.25, -0.2) is 0 Å². The van der Waals surface area contributed by atoms with E-state index in [1.165, 1.54) is 24.3 Å². The molecule has 3 rings (SSSR count). The van der Waals surface area contributed by atoms with Gasteiger partial charge in [0.05, 0.1) is 4.92 Å². The van der Waals surface area contributed by atoms with E-state index < -0.39 is 16.9 Å². The van der Waals surface area contributed by atoms with Crippen LogP contribution in [0.25, 0.3) is 0 Å². The monoisotopic (exact) mass is 404 g/mol. The van der Waals surface area contributed by atoms with Gasteiger partial charge in [0.15, 0.2) is 6.10 Å². The summed E-state index contributed by atoms with van der Waals surface area (Å²) in [5.41, 5.74) is 1.12.